The van der Waals surface area contributed by atoms with Crippen molar-refractivity contribution in [1.82, 2.24) is 5.32 Å². The molecule has 2 aliphatic rings. The number of fused-ring (bicyclic) bond motifs is 2. The summed E-state index contributed by atoms with van der Waals surface area (Å²) in [5, 5.41) is 3.56. The van der Waals surface area contributed by atoms with E-state index in [0.717, 1.165) is 24.5 Å². The zero-order valence-corrected chi connectivity index (χ0v) is 11.2. The molecule has 3 nitrogen and oxygen atoms in total. The van der Waals surface area contributed by atoms with E-state index >= 15 is 0 Å². The molecule has 0 aromatic heterocycles. The van der Waals surface area contributed by atoms with Crippen molar-refractivity contribution >= 4 is 0 Å². The van der Waals surface area contributed by atoms with Gasteiger partial charge in [0.05, 0.1) is 6.04 Å². The van der Waals surface area contributed by atoms with E-state index in [4.69, 9.17) is 9.47 Å². The van der Waals surface area contributed by atoms with Crippen molar-refractivity contribution in [3.63, 3.8) is 0 Å². The highest BCUT2D eigenvalue weighted by Gasteiger charge is 2.27. The quantitative estimate of drug-likeness (QED) is 0.927. The first kappa shape index (κ1) is 11.8. The van der Waals surface area contributed by atoms with E-state index in [1.165, 1.54) is 11.1 Å². The van der Waals surface area contributed by atoms with Crippen molar-refractivity contribution in [2.45, 2.75) is 18.6 Å². The van der Waals surface area contributed by atoms with Crippen molar-refractivity contribution in [3.05, 3.63) is 59.7 Å². The largest absolute Gasteiger partial charge is 0.491 e. The summed E-state index contributed by atoms with van der Waals surface area (Å²) < 4.78 is 11.6. The molecule has 2 atom stereocenters. The van der Waals surface area contributed by atoms with Crippen LogP contribution in [0, 0.1) is 0 Å². The van der Waals surface area contributed by atoms with Gasteiger partial charge in [0.2, 0.25) is 0 Å². The summed E-state index contributed by atoms with van der Waals surface area (Å²) in [4.78, 5) is 0. The summed E-state index contributed by atoms with van der Waals surface area (Å²) in [6.07, 6.45) is 1.21. The standard InChI is InChI=1S/C17H17NO2/c1-3-7-16-12(5-1)9-13(20-16)10-18-15-11-19-17-8-4-2-6-14(15)17/h1-8,13,15,18H,9-11H2. The smallest absolute Gasteiger partial charge is 0.124 e. The first-order valence-corrected chi connectivity index (χ1v) is 7.10. The Balaban J connectivity index is 1.39. The van der Waals surface area contributed by atoms with E-state index in [1.54, 1.807) is 0 Å². The van der Waals surface area contributed by atoms with E-state index < -0.39 is 0 Å². The van der Waals surface area contributed by atoms with Crippen LogP contribution in [-0.4, -0.2) is 19.3 Å². The first-order valence-electron chi connectivity index (χ1n) is 7.10. The molecule has 2 heterocycles. The molecule has 0 amide bonds. The summed E-state index contributed by atoms with van der Waals surface area (Å²) in [5.41, 5.74) is 2.56. The maximum absolute atomic E-state index is 5.95. The van der Waals surface area contributed by atoms with E-state index in [2.05, 4.69) is 29.6 Å². The third-order valence-electron chi connectivity index (χ3n) is 4.01. The molecule has 1 N–H and O–H groups in total. The van der Waals surface area contributed by atoms with Crippen LogP contribution in [0.1, 0.15) is 17.2 Å². The Morgan fingerprint density at radius 2 is 1.80 bits per heavy atom. The normalized spacial score (nSPS) is 22.8. The van der Waals surface area contributed by atoms with E-state index in [-0.39, 0.29) is 12.1 Å². The van der Waals surface area contributed by atoms with Gasteiger partial charge in [-0.1, -0.05) is 36.4 Å². The van der Waals surface area contributed by atoms with Crippen molar-refractivity contribution in [2.24, 2.45) is 0 Å². The molecule has 0 bridgehead atoms. The van der Waals surface area contributed by atoms with Crippen molar-refractivity contribution in [3.8, 4) is 11.5 Å². The molecule has 0 spiro atoms. The van der Waals surface area contributed by atoms with Crippen LogP contribution in [0.2, 0.25) is 0 Å². The van der Waals surface area contributed by atoms with Crippen LogP contribution in [0.3, 0.4) is 0 Å². The maximum atomic E-state index is 5.95. The van der Waals surface area contributed by atoms with Crippen LogP contribution in [0.5, 0.6) is 11.5 Å². The zero-order chi connectivity index (χ0) is 13.4. The van der Waals surface area contributed by atoms with Gasteiger partial charge in [0.1, 0.15) is 24.2 Å². The molecule has 2 aromatic carbocycles. The minimum atomic E-state index is 0.222. The summed E-state index contributed by atoms with van der Waals surface area (Å²) >= 11 is 0. The van der Waals surface area contributed by atoms with E-state index in [9.17, 15) is 0 Å². The number of hydrogen-bond donors (Lipinski definition) is 1. The van der Waals surface area contributed by atoms with Crippen LogP contribution in [0.25, 0.3) is 0 Å². The molecule has 4 rings (SSSR count). The molecular weight excluding hydrogens is 250 g/mol. The Morgan fingerprint density at radius 1 is 1.00 bits per heavy atom. The van der Waals surface area contributed by atoms with Gasteiger partial charge in [-0.25, -0.2) is 0 Å². The Kier molecular flexibility index (Phi) is 2.85. The van der Waals surface area contributed by atoms with Gasteiger partial charge in [0.15, 0.2) is 0 Å². The van der Waals surface area contributed by atoms with Gasteiger partial charge in [-0.3, -0.25) is 0 Å². The average Bonchev–Trinajstić information content (AvgIpc) is 3.08. The van der Waals surface area contributed by atoms with Crippen molar-refractivity contribution < 1.29 is 9.47 Å². The minimum Gasteiger partial charge on any atom is -0.491 e. The highest BCUT2D eigenvalue weighted by atomic mass is 16.5. The molecule has 0 saturated carbocycles. The Bertz CT molecular complexity index is 601. The lowest BCUT2D eigenvalue weighted by atomic mass is 10.1. The number of ether oxygens (including phenoxy) is 2. The second kappa shape index (κ2) is 4.84. The molecule has 0 fully saturated rings. The second-order valence-electron chi connectivity index (χ2n) is 5.36. The van der Waals surface area contributed by atoms with Crippen LogP contribution in [-0.2, 0) is 6.42 Å². The maximum Gasteiger partial charge on any atom is 0.124 e. The molecule has 0 radical (unpaired) electrons. The van der Waals surface area contributed by atoms with Crippen LogP contribution < -0.4 is 14.8 Å². The van der Waals surface area contributed by atoms with Crippen LogP contribution >= 0.6 is 0 Å². The molecule has 2 aliphatic heterocycles. The van der Waals surface area contributed by atoms with Gasteiger partial charge in [0, 0.05) is 18.5 Å². The molecule has 0 saturated heterocycles. The monoisotopic (exact) mass is 267 g/mol. The molecule has 102 valence electrons. The Morgan fingerprint density at radius 3 is 2.70 bits per heavy atom. The average molecular weight is 267 g/mol. The third kappa shape index (κ3) is 2.04. The SMILES string of the molecule is c1ccc2c(c1)CC(CNC1COc3ccccc31)O2. The van der Waals surface area contributed by atoms with Gasteiger partial charge < -0.3 is 14.8 Å². The highest BCUT2D eigenvalue weighted by Crippen LogP contribution is 2.32. The lowest BCUT2D eigenvalue weighted by molar-refractivity contribution is 0.214. The van der Waals surface area contributed by atoms with Crippen LogP contribution in [0.15, 0.2) is 48.5 Å². The van der Waals surface area contributed by atoms with Crippen LogP contribution in [0.4, 0.5) is 0 Å². The topological polar surface area (TPSA) is 30.5 Å². The van der Waals surface area contributed by atoms with Gasteiger partial charge in [-0.15, -0.1) is 0 Å². The van der Waals surface area contributed by atoms with Gasteiger partial charge in [-0.2, -0.15) is 0 Å². The molecule has 3 heteroatoms. The van der Waals surface area contributed by atoms with Crippen molar-refractivity contribution in [2.75, 3.05) is 13.2 Å². The number of hydrogen-bond acceptors (Lipinski definition) is 3. The zero-order valence-electron chi connectivity index (χ0n) is 11.2. The number of benzene rings is 2. The lowest BCUT2D eigenvalue weighted by Gasteiger charge is -2.16. The molecule has 2 unspecified atom stereocenters. The second-order valence-corrected chi connectivity index (χ2v) is 5.36. The molecule has 2 aromatic rings. The fraction of sp³-hybridized carbons (Fsp3) is 0.294. The summed E-state index contributed by atoms with van der Waals surface area (Å²) in [7, 11) is 0. The number of nitrogens with one attached hydrogen (secondary N) is 1. The molecular formula is C17H17NO2. The predicted molar refractivity (Wildman–Crippen MR) is 77.2 cm³/mol. The van der Waals surface area contributed by atoms with Gasteiger partial charge in [-0.05, 0) is 17.7 Å². The summed E-state index contributed by atoms with van der Waals surface area (Å²) in [6.45, 7) is 1.55. The predicted octanol–water partition coefficient (Wildman–Crippen LogP) is 2.71. The van der Waals surface area contributed by atoms with Gasteiger partial charge in [0.25, 0.3) is 0 Å². The summed E-state index contributed by atoms with van der Waals surface area (Å²) in [6, 6.07) is 16.8. The molecule has 20 heavy (non-hydrogen) atoms. The van der Waals surface area contributed by atoms with E-state index in [0.29, 0.717) is 6.61 Å². The Hall–Kier alpha value is -2.00. The Labute approximate surface area is 118 Å². The third-order valence-corrected chi connectivity index (χ3v) is 4.01. The fourth-order valence-corrected chi connectivity index (χ4v) is 2.97. The summed E-state index contributed by atoms with van der Waals surface area (Å²) in [5.74, 6) is 2.03. The van der Waals surface area contributed by atoms with E-state index in [1.807, 2.05) is 24.3 Å². The molecule has 0 aliphatic carbocycles. The van der Waals surface area contributed by atoms with Gasteiger partial charge >= 0.3 is 0 Å². The number of rotatable bonds is 3. The van der Waals surface area contributed by atoms with Crippen molar-refractivity contribution in [1.29, 1.82) is 0 Å². The highest BCUT2D eigenvalue weighted by molar-refractivity contribution is 5.39. The fourth-order valence-electron chi connectivity index (χ4n) is 2.97. The minimum absolute atomic E-state index is 0.222. The first-order chi connectivity index (χ1) is 9.90. The lowest BCUT2D eigenvalue weighted by Crippen LogP contribution is -2.33. The number of para-hydroxylation sites is 2.